The average molecular weight is 320 g/mol. The van der Waals surface area contributed by atoms with E-state index in [2.05, 4.69) is 10.3 Å². The Morgan fingerprint density at radius 2 is 1.67 bits per heavy atom. The fraction of sp³-hybridized carbons (Fsp3) is 0.0526. The van der Waals surface area contributed by atoms with E-state index < -0.39 is 5.91 Å². The number of hydrogen-bond donors (Lipinski definition) is 2. The Labute approximate surface area is 138 Å². The standard InChI is InChI=1S/C19H16N2O3/c1-13-11-18(22)17(12-20-13)19(23)21-14-7-9-16(10-8-14)24-15-5-3-2-4-6-15/h2-12H,1H3,(H,20,22)(H,21,23). The van der Waals surface area contributed by atoms with Crippen molar-refractivity contribution in [3.8, 4) is 11.5 Å². The van der Waals surface area contributed by atoms with Crippen molar-refractivity contribution in [2.24, 2.45) is 0 Å². The van der Waals surface area contributed by atoms with Crippen LogP contribution in [-0.4, -0.2) is 10.9 Å². The van der Waals surface area contributed by atoms with E-state index in [9.17, 15) is 9.59 Å². The summed E-state index contributed by atoms with van der Waals surface area (Å²) in [6.07, 6.45) is 1.42. The zero-order chi connectivity index (χ0) is 16.9. The van der Waals surface area contributed by atoms with Crippen molar-refractivity contribution in [3.05, 3.63) is 88.3 Å². The third-order valence-corrected chi connectivity index (χ3v) is 3.39. The summed E-state index contributed by atoms with van der Waals surface area (Å²) in [5.41, 5.74) is 1.05. The lowest BCUT2D eigenvalue weighted by molar-refractivity contribution is 0.102. The number of H-pyrrole nitrogens is 1. The molecule has 1 amide bonds. The number of benzene rings is 2. The van der Waals surface area contributed by atoms with Gasteiger partial charge in [-0.15, -0.1) is 0 Å². The highest BCUT2D eigenvalue weighted by Gasteiger charge is 2.10. The monoisotopic (exact) mass is 320 g/mol. The van der Waals surface area contributed by atoms with Gasteiger partial charge >= 0.3 is 0 Å². The summed E-state index contributed by atoms with van der Waals surface area (Å²) in [5.74, 6) is 0.945. The first-order chi connectivity index (χ1) is 11.6. The highest BCUT2D eigenvalue weighted by atomic mass is 16.5. The van der Waals surface area contributed by atoms with Crippen molar-refractivity contribution in [1.29, 1.82) is 0 Å². The molecule has 2 N–H and O–H groups in total. The maximum Gasteiger partial charge on any atom is 0.261 e. The van der Waals surface area contributed by atoms with Crippen molar-refractivity contribution in [2.75, 3.05) is 5.32 Å². The van der Waals surface area contributed by atoms with Crippen molar-refractivity contribution in [1.82, 2.24) is 4.98 Å². The Balaban J connectivity index is 1.70. The molecular formula is C19H16N2O3. The number of aromatic amines is 1. The highest BCUT2D eigenvalue weighted by Crippen LogP contribution is 2.22. The zero-order valence-electron chi connectivity index (χ0n) is 13.1. The minimum atomic E-state index is -0.451. The van der Waals surface area contributed by atoms with Crippen LogP contribution in [0.4, 0.5) is 5.69 Å². The van der Waals surface area contributed by atoms with E-state index in [-0.39, 0.29) is 11.0 Å². The third-order valence-electron chi connectivity index (χ3n) is 3.39. The quantitative estimate of drug-likeness (QED) is 0.769. The molecule has 5 nitrogen and oxygen atoms in total. The second-order valence-electron chi connectivity index (χ2n) is 5.29. The molecule has 0 saturated carbocycles. The van der Waals surface area contributed by atoms with E-state index in [4.69, 9.17) is 4.74 Å². The Morgan fingerprint density at radius 3 is 2.33 bits per heavy atom. The van der Waals surface area contributed by atoms with Crippen LogP contribution >= 0.6 is 0 Å². The zero-order valence-corrected chi connectivity index (χ0v) is 13.1. The molecule has 5 heteroatoms. The number of hydrogen-bond acceptors (Lipinski definition) is 3. The molecule has 0 fully saturated rings. The summed E-state index contributed by atoms with van der Waals surface area (Å²) in [6, 6.07) is 17.8. The predicted molar refractivity (Wildman–Crippen MR) is 92.7 cm³/mol. The van der Waals surface area contributed by atoms with Gasteiger partial charge in [0.15, 0.2) is 5.43 Å². The largest absolute Gasteiger partial charge is 0.457 e. The SMILES string of the molecule is Cc1cc(=O)c(C(=O)Nc2ccc(Oc3ccccc3)cc2)c[nH]1. The second-order valence-corrected chi connectivity index (χ2v) is 5.29. The van der Waals surface area contributed by atoms with Gasteiger partial charge in [-0.05, 0) is 43.3 Å². The molecule has 24 heavy (non-hydrogen) atoms. The molecule has 0 aliphatic heterocycles. The molecule has 0 unspecified atom stereocenters. The van der Waals surface area contributed by atoms with E-state index in [0.29, 0.717) is 17.1 Å². The molecule has 3 rings (SSSR count). The maximum atomic E-state index is 12.2. The summed E-state index contributed by atoms with van der Waals surface area (Å²) in [4.78, 5) is 26.9. The van der Waals surface area contributed by atoms with Crippen LogP contribution in [0.3, 0.4) is 0 Å². The minimum Gasteiger partial charge on any atom is -0.457 e. The Bertz CT molecular complexity index is 900. The Morgan fingerprint density at radius 1 is 1.00 bits per heavy atom. The van der Waals surface area contributed by atoms with E-state index in [0.717, 1.165) is 5.75 Å². The van der Waals surface area contributed by atoms with Crippen molar-refractivity contribution < 1.29 is 9.53 Å². The number of ether oxygens (including phenoxy) is 1. The lowest BCUT2D eigenvalue weighted by Gasteiger charge is -2.08. The van der Waals surface area contributed by atoms with Crippen LogP contribution in [0.1, 0.15) is 16.1 Å². The van der Waals surface area contributed by atoms with Gasteiger partial charge in [-0.2, -0.15) is 0 Å². The van der Waals surface area contributed by atoms with Gasteiger partial charge in [-0.25, -0.2) is 0 Å². The number of pyridine rings is 1. The lowest BCUT2D eigenvalue weighted by Crippen LogP contribution is -2.21. The number of amides is 1. The van der Waals surface area contributed by atoms with Gasteiger partial charge in [0.1, 0.15) is 17.1 Å². The summed E-state index contributed by atoms with van der Waals surface area (Å²) in [6.45, 7) is 1.76. The molecule has 0 atom stereocenters. The van der Waals surface area contributed by atoms with Gasteiger partial charge in [0, 0.05) is 23.6 Å². The topological polar surface area (TPSA) is 71.2 Å². The first kappa shape index (κ1) is 15.6. The molecule has 120 valence electrons. The van der Waals surface area contributed by atoms with Crippen LogP contribution in [0.15, 0.2) is 71.7 Å². The molecule has 3 aromatic rings. The number of aryl methyl sites for hydroxylation is 1. The number of carbonyl (C=O) groups is 1. The van der Waals surface area contributed by atoms with Crippen molar-refractivity contribution >= 4 is 11.6 Å². The predicted octanol–water partition coefficient (Wildman–Crippen LogP) is 3.73. The van der Waals surface area contributed by atoms with Crippen molar-refractivity contribution in [2.45, 2.75) is 6.92 Å². The fourth-order valence-electron chi connectivity index (χ4n) is 2.18. The van der Waals surface area contributed by atoms with Gasteiger partial charge < -0.3 is 15.0 Å². The van der Waals surface area contributed by atoms with E-state index in [1.54, 1.807) is 31.2 Å². The molecule has 0 bridgehead atoms. The molecule has 1 heterocycles. The molecule has 0 saturated heterocycles. The smallest absolute Gasteiger partial charge is 0.261 e. The van der Waals surface area contributed by atoms with Crippen LogP contribution < -0.4 is 15.5 Å². The number of rotatable bonds is 4. The average Bonchev–Trinajstić information content (AvgIpc) is 2.57. The molecule has 0 aliphatic rings. The lowest BCUT2D eigenvalue weighted by atomic mass is 10.2. The van der Waals surface area contributed by atoms with Crippen LogP contribution in [0, 0.1) is 6.92 Å². The van der Waals surface area contributed by atoms with Gasteiger partial charge in [-0.3, -0.25) is 9.59 Å². The summed E-state index contributed by atoms with van der Waals surface area (Å²) in [7, 11) is 0. The summed E-state index contributed by atoms with van der Waals surface area (Å²) >= 11 is 0. The maximum absolute atomic E-state index is 12.2. The van der Waals surface area contributed by atoms with Crippen molar-refractivity contribution in [3.63, 3.8) is 0 Å². The number of anilines is 1. The molecule has 0 radical (unpaired) electrons. The first-order valence-electron chi connectivity index (χ1n) is 7.45. The Hall–Kier alpha value is -3.34. The number of aromatic nitrogens is 1. The highest BCUT2D eigenvalue weighted by molar-refractivity contribution is 6.03. The molecule has 0 spiro atoms. The molecule has 2 aromatic carbocycles. The van der Waals surface area contributed by atoms with Gasteiger partial charge in [0.05, 0.1) is 0 Å². The molecule has 0 aliphatic carbocycles. The Kier molecular flexibility index (Phi) is 4.43. The van der Waals surface area contributed by atoms with Gasteiger partial charge in [0.25, 0.3) is 5.91 Å². The van der Waals surface area contributed by atoms with Crippen LogP contribution in [0.25, 0.3) is 0 Å². The van der Waals surface area contributed by atoms with E-state index >= 15 is 0 Å². The fourth-order valence-corrected chi connectivity index (χ4v) is 2.18. The first-order valence-corrected chi connectivity index (χ1v) is 7.45. The van der Waals surface area contributed by atoms with E-state index in [1.165, 1.54) is 12.3 Å². The van der Waals surface area contributed by atoms with Gasteiger partial charge in [0.2, 0.25) is 0 Å². The minimum absolute atomic E-state index is 0.0743. The van der Waals surface area contributed by atoms with Crippen LogP contribution in [-0.2, 0) is 0 Å². The number of nitrogens with one attached hydrogen (secondary N) is 2. The second kappa shape index (κ2) is 6.83. The number of carbonyl (C=O) groups excluding carboxylic acids is 1. The third kappa shape index (κ3) is 3.70. The molecular weight excluding hydrogens is 304 g/mol. The van der Waals surface area contributed by atoms with E-state index in [1.807, 2.05) is 30.3 Å². The van der Waals surface area contributed by atoms with Gasteiger partial charge in [-0.1, -0.05) is 18.2 Å². The summed E-state index contributed by atoms with van der Waals surface area (Å²) < 4.78 is 5.69. The normalized spacial score (nSPS) is 10.2. The van der Waals surface area contributed by atoms with Crippen LogP contribution in [0.5, 0.6) is 11.5 Å². The molecule has 1 aromatic heterocycles. The number of para-hydroxylation sites is 1. The summed E-state index contributed by atoms with van der Waals surface area (Å²) in [5, 5.41) is 2.70. The van der Waals surface area contributed by atoms with Crippen LogP contribution in [0.2, 0.25) is 0 Å².